The molecular weight excluding hydrogens is 441 g/mol. The summed E-state index contributed by atoms with van der Waals surface area (Å²) in [5.74, 6) is 0.258. The first kappa shape index (κ1) is 27.0. The molecule has 2 aromatic carbocycles. The maximum absolute atomic E-state index is 10.4. The van der Waals surface area contributed by atoms with Crippen molar-refractivity contribution in [1.29, 1.82) is 0 Å². The molecule has 11 heteroatoms. The van der Waals surface area contributed by atoms with E-state index in [4.69, 9.17) is 29.2 Å². The van der Waals surface area contributed by atoms with Gasteiger partial charge in [-0.3, -0.25) is 4.62 Å². The van der Waals surface area contributed by atoms with Crippen LogP contribution in [-0.2, 0) is 27.2 Å². The van der Waals surface area contributed by atoms with Gasteiger partial charge in [0, 0.05) is 33.7 Å². The first-order valence-electron chi connectivity index (χ1n) is 9.46. The standard InChI is InChI=1S/C11H14O4.C10H14NO5P/c1-3-8-4-5-9(6-10(8)14-2)15-7-11(12)13;1-14-9-4-8(15-6-10(12)13)3-2-7(9)5-11-16-17/h4-6H,3,7H2,1-2H3,(H,12,13);2-4,11H,5-6,17H2,1H3,(H,12,13). The van der Waals surface area contributed by atoms with Crippen molar-refractivity contribution in [3.8, 4) is 23.0 Å². The molecule has 0 aliphatic rings. The molecule has 176 valence electrons. The Kier molecular flexibility index (Phi) is 12.5. The van der Waals surface area contributed by atoms with Crippen LogP contribution >= 0.6 is 9.47 Å². The van der Waals surface area contributed by atoms with Crippen molar-refractivity contribution in [2.75, 3.05) is 27.4 Å². The number of nitrogens with one attached hydrogen (secondary N) is 1. The highest BCUT2D eigenvalue weighted by Gasteiger charge is 2.07. The number of ether oxygens (including phenoxy) is 4. The van der Waals surface area contributed by atoms with E-state index < -0.39 is 11.9 Å². The fourth-order valence-electron chi connectivity index (χ4n) is 2.48. The zero-order valence-corrected chi connectivity index (χ0v) is 19.3. The van der Waals surface area contributed by atoms with Crippen LogP contribution in [0.15, 0.2) is 36.4 Å². The lowest BCUT2D eigenvalue weighted by Gasteiger charge is -2.11. The van der Waals surface area contributed by atoms with Gasteiger partial charge >= 0.3 is 11.9 Å². The van der Waals surface area contributed by atoms with Crippen molar-refractivity contribution in [2.24, 2.45) is 0 Å². The van der Waals surface area contributed by atoms with Gasteiger partial charge < -0.3 is 29.2 Å². The summed E-state index contributed by atoms with van der Waals surface area (Å²) in [6.45, 7) is 1.77. The van der Waals surface area contributed by atoms with E-state index in [1.165, 1.54) is 7.11 Å². The number of rotatable bonds is 12. The summed E-state index contributed by atoms with van der Waals surface area (Å²) in [6, 6.07) is 10.4. The number of carbonyl (C=O) groups is 2. The summed E-state index contributed by atoms with van der Waals surface area (Å²) < 4.78 is 25.0. The molecule has 0 fully saturated rings. The molecule has 0 aromatic heterocycles. The van der Waals surface area contributed by atoms with Gasteiger partial charge in [-0.1, -0.05) is 19.1 Å². The van der Waals surface area contributed by atoms with Gasteiger partial charge in [0.2, 0.25) is 0 Å². The zero-order valence-electron chi connectivity index (χ0n) is 18.1. The molecule has 1 unspecified atom stereocenters. The first-order chi connectivity index (χ1) is 15.3. The molecule has 0 spiro atoms. The SMILES string of the molecule is CCc1ccc(OCC(=O)O)cc1OC.COc1cc(OCC(=O)O)ccc1CNOP. The van der Waals surface area contributed by atoms with E-state index >= 15 is 0 Å². The summed E-state index contributed by atoms with van der Waals surface area (Å²) in [6.07, 6.45) is 0.863. The van der Waals surface area contributed by atoms with E-state index in [0.717, 1.165) is 23.3 Å². The molecule has 0 heterocycles. The molecule has 32 heavy (non-hydrogen) atoms. The van der Waals surface area contributed by atoms with E-state index in [1.54, 1.807) is 37.4 Å². The third-order valence-corrected chi connectivity index (χ3v) is 4.14. The highest BCUT2D eigenvalue weighted by Crippen LogP contribution is 2.25. The predicted molar refractivity (Wildman–Crippen MR) is 119 cm³/mol. The minimum atomic E-state index is -1.02. The third-order valence-electron chi connectivity index (χ3n) is 3.97. The number of hydrogen-bond acceptors (Lipinski definition) is 8. The number of aryl methyl sites for hydroxylation is 1. The maximum atomic E-state index is 10.4. The van der Waals surface area contributed by atoms with Crippen molar-refractivity contribution in [2.45, 2.75) is 19.9 Å². The van der Waals surface area contributed by atoms with Crippen LogP contribution in [0.4, 0.5) is 0 Å². The minimum Gasteiger partial charge on any atom is -0.496 e. The zero-order chi connectivity index (χ0) is 23.9. The summed E-state index contributed by atoms with van der Waals surface area (Å²) in [5, 5.41) is 16.9. The minimum absolute atomic E-state index is 0.339. The van der Waals surface area contributed by atoms with Crippen LogP contribution in [0.2, 0.25) is 0 Å². The second-order valence-corrected chi connectivity index (χ2v) is 6.34. The smallest absolute Gasteiger partial charge is 0.341 e. The Morgan fingerprint density at radius 1 is 0.875 bits per heavy atom. The molecular formula is C21H28NO9P. The second kappa shape index (κ2) is 14.9. The Morgan fingerprint density at radius 3 is 1.75 bits per heavy atom. The number of carboxylic acids is 2. The molecule has 0 saturated heterocycles. The molecule has 0 bridgehead atoms. The second-order valence-electron chi connectivity index (χ2n) is 6.10. The highest BCUT2D eigenvalue weighted by atomic mass is 31.0. The van der Waals surface area contributed by atoms with Crippen molar-refractivity contribution in [3.05, 3.63) is 47.5 Å². The number of hydroxylamine groups is 1. The van der Waals surface area contributed by atoms with E-state index in [-0.39, 0.29) is 13.2 Å². The van der Waals surface area contributed by atoms with Crippen molar-refractivity contribution < 1.29 is 43.4 Å². The molecule has 10 nitrogen and oxygen atoms in total. The largest absolute Gasteiger partial charge is 0.496 e. The molecule has 2 rings (SSSR count). The Bertz CT molecular complexity index is 876. The van der Waals surface area contributed by atoms with Gasteiger partial charge in [0.05, 0.1) is 14.2 Å². The molecule has 0 saturated carbocycles. The molecule has 0 aliphatic carbocycles. The van der Waals surface area contributed by atoms with Gasteiger partial charge in [0.25, 0.3) is 0 Å². The molecule has 0 radical (unpaired) electrons. The van der Waals surface area contributed by atoms with Gasteiger partial charge in [-0.25, -0.2) is 9.59 Å². The predicted octanol–water partition coefficient (Wildman–Crippen LogP) is 2.69. The molecule has 1 atom stereocenters. The Balaban J connectivity index is 0.000000323. The van der Waals surface area contributed by atoms with Gasteiger partial charge in [-0.05, 0) is 24.1 Å². The van der Waals surface area contributed by atoms with E-state index in [0.29, 0.717) is 23.8 Å². The first-order valence-corrected chi connectivity index (χ1v) is 9.93. The van der Waals surface area contributed by atoms with Crippen molar-refractivity contribution >= 4 is 21.4 Å². The maximum Gasteiger partial charge on any atom is 0.341 e. The monoisotopic (exact) mass is 469 g/mol. The number of aliphatic carboxylic acids is 2. The van der Waals surface area contributed by atoms with Crippen LogP contribution in [0.3, 0.4) is 0 Å². The van der Waals surface area contributed by atoms with Crippen LogP contribution < -0.4 is 24.4 Å². The van der Waals surface area contributed by atoms with Crippen molar-refractivity contribution in [1.82, 2.24) is 5.48 Å². The van der Waals surface area contributed by atoms with E-state index in [9.17, 15) is 9.59 Å². The quantitative estimate of drug-likeness (QED) is 0.315. The summed E-state index contributed by atoms with van der Waals surface area (Å²) in [7, 11) is 5.18. The van der Waals surface area contributed by atoms with Crippen molar-refractivity contribution in [3.63, 3.8) is 0 Å². The summed E-state index contributed by atoms with van der Waals surface area (Å²) in [5.41, 5.74) is 4.60. The van der Waals surface area contributed by atoms with Gasteiger partial charge in [0.1, 0.15) is 23.0 Å². The molecule has 0 aliphatic heterocycles. The summed E-state index contributed by atoms with van der Waals surface area (Å²) >= 11 is 0. The van der Waals surface area contributed by atoms with Gasteiger partial charge in [-0.15, -0.1) is 0 Å². The Morgan fingerprint density at radius 2 is 1.34 bits per heavy atom. The van der Waals surface area contributed by atoms with Gasteiger partial charge in [-0.2, -0.15) is 5.48 Å². The number of methoxy groups -OCH3 is 2. The molecule has 3 N–H and O–H groups in total. The average Bonchev–Trinajstić information content (AvgIpc) is 2.80. The normalized spacial score (nSPS) is 9.88. The highest BCUT2D eigenvalue weighted by molar-refractivity contribution is 7.09. The average molecular weight is 469 g/mol. The topological polar surface area (TPSA) is 133 Å². The molecule has 2 aromatic rings. The fourth-order valence-corrected chi connectivity index (χ4v) is 2.56. The number of hydrogen-bond donors (Lipinski definition) is 3. The van der Waals surface area contributed by atoms with Crippen LogP contribution in [0.5, 0.6) is 23.0 Å². The fraction of sp³-hybridized carbons (Fsp3) is 0.333. The van der Waals surface area contributed by atoms with Crippen LogP contribution in [0, 0.1) is 0 Å². The van der Waals surface area contributed by atoms with E-state index in [2.05, 4.69) is 19.6 Å². The Labute approximate surface area is 188 Å². The lowest BCUT2D eigenvalue weighted by atomic mass is 10.1. The number of benzene rings is 2. The van der Waals surface area contributed by atoms with Crippen LogP contribution in [-0.4, -0.2) is 49.6 Å². The molecule has 0 amide bonds. The Hall–Kier alpha value is -3.07. The van der Waals surface area contributed by atoms with Crippen LogP contribution in [0.1, 0.15) is 18.1 Å². The van der Waals surface area contributed by atoms with E-state index in [1.807, 2.05) is 13.0 Å². The van der Waals surface area contributed by atoms with Crippen LogP contribution in [0.25, 0.3) is 0 Å². The summed E-state index contributed by atoms with van der Waals surface area (Å²) in [4.78, 5) is 20.6. The van der Waals surface area contributed by atoms with Gasteiger partial charge in [0.15, 0.2) is 13.2 Å². The number of carboxylic acid groups (broad SMARTS) is 2. The lowest BCUT2D eigenvalue weighted by molar-refractivity contribution is -0.140. The third kappa shape index (κ3) is 9.82. The lowest BCUT2D eigenvalue weighted by Crippen LogP contribution is -2.11.